The fourth-order valence-electron chi connectivity index (χ4n) is 4.85. The number of ether oxygens (including phenoxy) is 1. The number of aryl methyl sites for hydroxylation is 2. The molecule has 3 amide bonds. The van der Waals surface area contributed by atoms with Crippen LogP contribution in [0.2, 0.25) is 0 Å². The third-order valence-corrected chi connectivity index (χ3v) is 6.94. The summed E-state index contributed by atoms with van der Waals surface area (Å²) in [6.07, 6.45) is 0.970. The van der Waals surface area contributed by atoms with Crippen molar-refractivity contribution in [3.05, 3.63) is 64.7 Å². The van der Waals surface area contributed by atoms with Gasteiger partial charge in [-0.05, 0) is 103 Å². The zero-order valence-corrected chi connectivity index (χ0v) is 27.1. The number of carbonyl (C=O) groups excluding carboxylic acids is 3. The second-order valence-electron chi connectivity index (χ2n) is 13.1. The van der Waals surface area contributed by atoms with Crippen molar-refractivity contribution in [2.24, 2.45) is 5.92 Å². The van der Waals surface area contributed by atoms with Crippen molar-refractivity contribution in [1.29, 1.82) is 0 Å². The molecule has 0 saturated carbocycles. The second kappa shape index (κ2) is 15.1. The second-order valence-corrected chi connectivity index (χ2v) is 13.1. The highest BCUT2D eigenvalue weighted by Crippen LogP contribution is 2.31. The Morgan fingerprint density at radius 2 is 1.52 bits per heavy atom. The number of benzene rings is 2. The van der Waals surface area contributed by atoms with E-state index >= 15 is 0 Å². The smallest absolute Gasteiger partial charge is 0.408 e. The van der Waals surface area contributed by atoms with Crippen molar-refractivity contribution in [2.45, 2.75) is 118 Å². The van der Waals surface area contributed by atoms with Crippen LogP contribution in [0.3, 0.4) is 0 Å². The lowest BCUT2D eigenvalue weighted by Crippen LogP contribution is -2.56. The Balaban J connectivity index is 2.70. The molecule has 3 atom stereocenters. The molecular weight excluding hydrogens is 530 g/mol. The van der Waals surface area contributed by atoms with Crippen molar-refractivity contribution in [3.63, 3.8) is 0 Å². The van der Waals surface area contributed by atoms with Gasteiger partial charge in [0.1, 0.15) is 23.4 Å². The monoisotopic (exact) mass is 581 g/mol. The zero-order chi connectivity index (χ0) is 31.8. The molecule has 0 spiro atoms. The summed E-state index contributed by atoms with van der Waals surface area (Å²) in [5.41, 5.74) is 2.60. The number of hydrogen-bond acceptors (Lipinski definition) is 5. The molecule has 232 valence electrons. The lowest BCUT2D eigenvalue weighted by molar-refractivity contribution is -0.145. The molecule has 0 aromatic heterocycles. The van der Waals surface area contributed by atoms with Gasteiger partial charge in [0.05, 0.1) is 0 Å². The predicted octanol–water partition coefficient (Wildman–Crippen LogP) is 6.36. The summed E-state index contributed by atoms with van der Waals surface area (Å²) in [5.74, 6) is -0.147. The Hall–Kier alpha value is -3.55. The van der Waals surface area contributed by atoms with E-state index < -0.39 is 23.8 Å². The summed E-state index contributed by atoms with van der Waals surface area (Å²) in [6.45, 7) is 19.2. The van der Waals surface area contributed by atoms with E-state index in [0.29, 0.717) is 12.3 Å². The largest absolute Gasteiger partial charge is 0.508 e. The number of rotatable bonds is 12. The van der Waals surface area contributed by atoms with Crippen molar-refractivity contribution in [3.8, 4) is 5.75 Å². The molecule has 2 aromatic rings. The number of amides is 3. The standard InChI is InChI=1S/C34H51N3O5/c1-21(2)11-14-25(7)37(30(31(39)35-22(3)4)28-19-23(5)12-13-24(28)6)32(40)29(36-33(41)42-34(8,9)10)20-26-15-17-27(38)18-16-26/h12-13,15-19,21-22,25,29-30,38H,11,14,20H2,1-10H3,(H,35,39)(H,36,41). The summed E-state index contributed by atoms with van der Waals surface area (Å²) in [4.78, 5) is 43.4. The first-order valence-electron chi connectivity index (χ1n) is 15.0. The lowest BCUT2D eigenvalue weighted by Gasteiger charge is -2.39. The van der Waals surface area contributed by atoms with Gasteiger partial charge in [-0.15, -0.1) is 0 Å². The van der Waals surface area contributed by atoms with E-state index in [0.717, 1.165) is 28.7 Å². The van der Waals surface area contributed by atoms with E-state index in [-0.39, 0.29) is 36.1 Å². The Labute approximate surface area is 252 Å². The number of alkyl carbamates (subject to hydrolysis) is 1. The molecule has 2 rings (SSSR count). The number of nitrogens with zero attached hydrogens (tertiary/aromatic N) is 1. The van der Waals surface area contributed by atoms with Crippen molar-refractivity contribution in [1.82, 2.24) is 15.5 Å². The van der Waals surface area contributed by atoms with Crippen molar-refractivity contribution in [2.75, 3.05) is 0 Å². The maximum absolute atomic E-state index is 14.7. The quantitative estimate of drug-likeness (QED) is 0.270. The summed E-state index contributed by atoms with van der Waals surface area (Å²) in [6, 6.07) is 10.0. The van der Waals surface area contributed by atoms with Gasteiger partial charge in [0, 0.05) is 18.5 Å². The molecule has 8 heteroatoms. The van der Waals surface area contributed by atoms with Crippen LogP contribution in [-0.4, -0.2) is 51.6 Å². The highest BCUT2D eigenvalue weighted by molar-refractivity contribution is 5.93. The molecule has 3 N–H and O–H groups in total. The van der Waals surface area contributed by atoms with Crippen LogP contribution in [0, 0.1) is 19.8 Å². The molecule has 0 aliphatic rings. The Kier molecular flexibility index (Phi) is 12.4. The predicted molar refractivity (Wildman–Crippen MR) is 167 cm³/mol. The van der Waals surface area contributed by atoms with Gasteiger partial charge in [0.2, 0.25) is 11.8 Å². The van der Waals surface area contributed by atoms with Gasteiger partial charge in [-0.25, -0.2) is 4.79 Å². The zero-order valence-electron chi connectivity index (χ0n) is 27.1. The van der Waals surface area contributed by atoms with E-state index in [9.17, 15) is 19.5 Å². The van der Waals surface area contributed by atoms with E-state index in [1.54, 1.807) is 49.9 Å². The molecule has 0 bridgehead atoms. The summed E-state index contributed by atoms with van der Waals surface area (Å²) < 4.78 is 5.53. The minimum atomic E-state index is -1.02. The van der Waals surface area contributed by atoms with Crippen LogP contribution in [0.25, 0.3) is 0 Å². The first-order chi connectivity index (χ1) is 19.5. The molecule has 0 radical (unpaired) electrons. The first-order valence-corrected chi connectivity index (χ1v) is 15.0. The molecule has 8 nitrogen and oxygen atoms in total. The average Bonchev–Trinajstić information content (AvgIpc) is 2.86. The van der Waals surface area contributed by atoms with Gasteiger partial charge < -0.3 is 25.4 Å². The Bertz CT molecular complexity index is 1200. The fraction of sp³-hybridized carbons (Fsp3) is 0.559. The van der Waals surface area contributed by atoms with Crippen LogP contribution in [0.4, 0.5) is 4.79 Å². The van der Waals surface area contributed by atoms with E-state index in [1.165, 1.54) is 0 Å². The van der Waals surface area contributed by atoms with Gasteiger partial charge >= 0.3 is 6.09 Å². The third kappa shape index (κ3) is 10.7. The number of hydrogen-bond donors (Lipinski definition) is 3. The summed E-state index contributed by atoms with van der Waals surface area (Å²) in [7, 11) is 0. The number of phenolic OH excluding ortho intramolecular Hbond substituents is 1. The number of aromatic hydroxyl groups is 1. The molecule has 0 aliphatic heterocycles. The highest BCUT2D eigenvalue weighted by atomic mass is 16.6. The fourth-order valence-corrected chi connectivity index (χ4v) is 4.85. The van der Waals surface area contributed by atoms with E-state index in [2.05, 4.69) is 24.5 Å². The summed E-state index contributed by atoms with van der Waals surface area (Å²) in [5, 5.41) is 15.6. The topological polar surface area (TPSA) is 108 Å². The van der Waals surface area contributed by atoms with Crippen LogP contribution >= 0.6 is 0 Å². The van der Waals surface area contributed by atoms with Crippen LogP contribution in [0.1, 0.15) is 96.5 Å². The van der Waals surface area contributed by atoms with Gasteiger partial charge in [-0.3, -0.25) is 9.59 Å². The van der Waals surface area contributed by atoms with Crippen LogP contribution in [0.15, 0.2) is 42.5 Å². The maximum Gasteiger partial charge on any atom is 0.408 e. The molecule has 42 heavy (non-hydrogen) atoms. The SMILES string of the molecule is Cc1ccc(C)c(C(C(=O)NC(C)C)N(C(=O)C(Cc2ccc(O)cc2)NC(=O)OC(C)(C)C)C(C)CCC(C)C)c1. The molecule has 2 aromatic carbocycles. The Morgan fingerprint density at radius 1 is 0.905 bits per heavy atom. The number of carbonyl (C=O) groups is 3. The molecule has 0 heterocycles. The summed E-state index contributed by atoms with van der Waals surface area (Å²) >= 11 is 0. The lowest BCUT2D eigenvalue weighted by atomic mass is 9.92. The van der Waals surface area contributed by atoms with Crippen LogP contribution < -0.4 is 10.6 Å². The number of phenols is 1. The Morgan fingerprint density at radius 3 is 2.07 bits per heavy atom. The normalized spacial score (nSPS) is 13.8. The van der Waals surface area contributed by atoms with Crippen molar-refractivity contribution < 1.29 is 24.2 Å². The minimum absolute atomic E-state index is 0.103. The molecule has 0 fully saturated rings. The minimum Gasteiger partial charge on any atom is -0.508 e. The van der Waals surface area contributed by atoms with Crippen LogP contribution in [0.5, 0.6) is 5.75 Å². The van der Waals surface area contributed by atoms with Gasteiger partial charge in [0.15, 0.2) is 0 Å². The third-order valence-electron chi connectivity index (χ3n) is 6.94. The molecule has 0 saturated heterocycles. The van der Waals surface area contributed by atoms with E-state index in [1.807, 2.05) is 52.8 Å². The average molecular weight is 582 g/mol. The number of nitrogens with one attached hydrogen (secondary N) is 2. The van der Waals surface area contributed by atoms with Crippen LogP contribution in [-0.2, 0) is 20.7 Å². The highest BCUT2D eigenvalue weighted by Gasteiger charge is 2.39. The first kappa shape index (κ1) is 34.7. The van der Waals surface area contributed by atoms with Crippen molar-refractivity contribution >= 4 is 17.9 Å². The molecular formula is C34H51N3O5. The van der Waals surface area contributed by atoms with Gasteiger partial charge in [-0.2, -0.15) is 0 Å². The van der Waals surface area contributed by atoms with E-state index in [4.69, 9.17) is 4.74 Å². The molecule has 3 unspecified atom stereocenters. The van der Waals surface area contributed by atoms with Gasteiger partial charge in [-0.1, -0.05) is 49.7 Å². The maximum atomic E-state index is 14.7. The molecule has 0 aliphatic carbocycles. The van der Waals surface area contributed by atoms with Gasteiger partial charge in [0.25, 0.3) is 0 Å².